The Labute approximate surface area is 567 Å². The molecule has 7 rings (SSSR count). The van der Waals surface area contributed by atoms with Crippen molar-refractivity contribution in [3.05, 3.63) is 155 Å². The third kappa shape index (κ3) is 20.5. The molecule has 2 fully saturated rings. The Morgan fingerprint density at radius 1 is 0.490 bits per heavy atom. The van der Waals surface area contributed by atoms with Crippen molar-refractivity contribution in [1.82, 2.24) is 31.9 Å². The minimum atomic E-state index is -2.56. The average Bonchev–Trinajstić information content (AvgIpc) is 0.777. The summed E-state index contributed by atoms with van der Waals surface area (Å²) in [6.45, 7) is 0.890. The summed E-state index contributed by atoms with van der Waals surface area (Å²) in [7, 11) is 0. The molecule has 2 saturated heterocycles. The fourth-order valence-electron chi connectivity index (χ4n) is 10.8. The Bertz CT molecular complexity index is 3320. The van der Waals surface area contributed by atoms with Gasteiger partial charge in [-0.3, -0.25) is 28.8 Å². The van der Waals surface area contributed by atoms with Crippen molar-refractivity contribution in [3.63, 3.8) is 0 Å². The van der Waals surface area contributed by atoms with Gasteiger partial charge in [0.05, 0.1) is 60.8 Å². The molecule has 5 aromatic carbocycles. The zero-order valence-electron chi connectivity index (χ0n) is 52.9. The molecule has 0 radical (unpaired) electrons. The lowest BCUT2D eigenvalue weighted by Crippen LogP contribution is -2.68. The summed E-state index contributed by atoms with van der Waals surface area (Å²) in [6.07, 6.45) is -15.6. The number of aliphatic hydroxyl groups is 6. The molecular weight excluding hydrogens is 1340 g/mol. The van der Waals surface area contributed by atoms with Crippen molar-refractivity contribution in [2.75, 3.05) is 62.4 Å². The standard InChI is InChI=1S/C66H76F4N6O20S2/c1-35(77)75-53-47(79)31-65(63(89)90,95-57(53)55(83)49(81)33-73-61(87)41-15-11-37(12-16-41)51-43(67)7-3-8-44(51)68)93-25-5-27-97-29-23-71-59(85)39-19-21-40(22-20-39)60(86)72-24-30-98-28-6-26-94-66(64(91)92)32-48(80)54(76-36(2)78)58(96-66)56(84)50(82)34-74-62(88)42-17-13-38(14-18-42)52-45(69)9-4-10-46(52)70/h3-4,7-22,47-50,53-58,79-84H,5-6,23-34H2,1-2H3,(H,71,85)(H,72,86)(H,73,87)(H,74,88)(H,75,77)(H,76,78)(H,89,90)(H,91,92)/t47-,48-,49+,50+,53+,54+,55?,56?,57+,58+,65+,66+/m0/s1. The molecule has 0 aliphatic carbocycles. The van der Waals surface area contributed by atoms with Gasteiger partial charge in [-0.25, -0.2) is 27.2 Å². The van der Waals surface area contributed by atoms with Crippen LogP contribution < -0.4 is 31.9 Å². The third-order valence-corrected chi connectivity index (χ3v) is 17.9. The molecule has 6 amide bonds. The SMILES string of the molecule is CC(=O)N[C@@H]1[C@@H](O)C[C@](OCCCSCCNC(=O)c2ccc(C(=O)NCCSCCCO[C@]3(C(=O)O)C[C@H](O)[C@@H](NC(C)=O)[C@H](C(O)[C@H](O)CNC(=O)c4ccc(-c5c(F)cccc5F)cc4)O3)cc2)(C(=O)O)O[C@H]1C(O)[C@H](O)CNC(=O)c1ccc(-c2c(F)cccc2F)cc1. The molecular formula is C66H76F4N6O20S2. The van der Waals surface area contributed by atoms with Gasteiger partial charge in [-0.05, 0) is 108 Å². The number of thioether (sulfide) groups is 2. The summed E-state index contributed by atoms with van der Waals surface area (Å²) < 4.78 is 80.2. The van der Waals surface area contributed by atoms with E-state index in [9.17, 15) is 96.8 Å². The Hall–Kier alpha value is -8.12. The number of carbonyl (C=O) groups is 8. The van der Waals surface area contributed by atoms with E-state index in [-0.39, 0.29) is 83.7 Å². The van der Waals surface area contributed by atoms with Gasteiger partial charge in [0.2, 0.25) is 11.8 Å². The normalized spacial score (nSPS) is 21.9. The highest BCUT2D eigenvalue weighted by Crippen LogP contribution is 2.36. The van der Waals surface area contributed by atoms with Gasteiger partial charge in [0.1, 0.15) is 47.7 Å². The molecule has 12 atom stereocenters. The van der Waals surface area contributed by atoms with Gasteiger partial charge in [-0.2, -0.15) is 23.5 Å². The molecule has 32 heteroatoms. The van der Waals surface area contributed by atoms with E-state index in [4.69, 9.17) is 18.9 Å². The van der Waals surface area contributed by atoms with E-state index >= 15 is 0 Å². The molecule has 2 heterocycles. The molecule has 0 saturated carbocycles. The maximum atomic E-state index is 14.3. The van der Waals surface area contributed by atoms with Crippen LogP contribution >= 0.6 is 23.5 Å². The van der Waals surface area contributed by atoms with Crippen LogP contribution in [0.1, 0.15) is 81.0 Å². The number of rotatable bonds is 34. The van der Waals surface area contributed by atoms with Gasteiger partial charge in [-0.1, -0.05) is 36.4 Å². The lowest BCUT2D eigenvalue weighted by atomic mass is 9.88. The zero-order valence-corrected chi connectivity index (χ0v) is 54.5. The van der Waals surface area contributed by atoms with Crippen LogP contribution in [0.15, 0.2) is 109 Å². The van der Waals surface area contributed by atoms with E-state index in [0.29, 0.717) is 23.0 Å². The topological polar surface area (TPSA) is 408 Å². The van der Waals surface area contributed by atoms with Crippen molar-refractivity contribution < 1.29 is 116 Å². The largest absolute Gasteiger partial charge is 0.477 e. The number of carboxylic acid groups (broad SMARTS) is 2. The van der Waals surface area contributed by atoms with Gasteiger partial charge >= 0.3 is 11.9 Å². The van der Waals surface area contributed by atoms with Gasteiger partial charge in [0.15, 0.2) is 0 Å². The van der Waals surface area contributed by atoms with Gasteiger partial charge in [-0.15, -0.1) is 0 Å². The smallest absolute Gasteiger partial charge is 0.364 e. The fourth-order valence-corrected chi connectivity index (χ4v) is 12.3. The number of benzene rings is 5. The van der Waals surface area contributed by atoms with Crippen molar-refractivity contribution >= 4 is 70.9 Å². The van der Waals surface area contributed by atoms with Crippen LogP contribution in [0.4, 0.5) is 17.6 Å². The first kappa shape index (κ1) is 77.2. The summed E-state index contributed by atoms with van der Waals surface area (Å²) in [6, 6.07) is 20.1. The maximum Gasteiger partial charge on any atom is 0.364 e. The molecule has 98 heavy (non-hydrogen) atoms. The Balaban J connectivity index is 0.780. The number of nitrogens with one attached hydrogen (secondary N) is 6. The van der Waals surface area contributed by atoms with Gasteiger partial charge < -0.3 is 91.7 Å². The van der Waals surface area contributed by atoms with E-state index in [2.05, 4.69) is 31.9 Å². The molecule has 0 spiro atoms. The number of amides is 6. The number of halogens is 4. The molecule has 2 unspecified atom stereocenters. The van der Waals surface area contributed by atoms with Crippen LogP contribution in [0.2, 0.25) is 0 Å². The van der Waals surface area contributed by atoms with Crippen molar-refractivity contribution in [2.24, 2.45) is 0 Å². The molecule has 26 nitrogen and oxygen atoms in total. The predicted molar refractivity (Wildman–Crippen MR) is 346 cm³/mol. The Morgan fingerprint density at radius 2 is 0.796 bits per heavy atom. The van der Waals surface area contributed by atoms with Gasteiger partial charge in [0, 0.05) is 86.6 Å². The summed E-state index contributed by atoms with van der Waals surface area (Å²) in [5.74, 6) is -13.9. The van der Waals surface area contributed by atoms with Crippen molar-refractivity contribution in [1.29, 1.82) is 0 Å². The van der Waals surface area contributed by atoms with Crippen LogP contribution in [0.3, 0.4) is 0 Å². The minimum Gasteiger partial charge on any atom is -0.477 e. The Morgan fingerprint density at radius 3 is 1.10 bits per heavy atom. The summed E-state index contributed by atoms with van der Waals surface area (Å²) >= 11 is 2.76. The molecule has 2 aliphatic heterocycles. The molecule has 14 N–H and O–H groups in total. The van der Waals surface area contributed by atoms with E-state index in [0.717, 1.165) is 38.1 Å². The Kier molecular flexibility index (Phi) is 28.5. The van der Waals surface area contributed by atoms with Gasteiger partial charge in [0.25, 0.3) is 35.2 Å². The highest BCUT2D eigenvalue weighted by atomic mass is 32.2. The molecule has 0 aromatic heterocycles. The summed E-state index contributed by atoms with van der Waals surface area (Å²) in [4.78, 5) is 101. The first-order chi connectivity index (χ1) is 46.6. The number of ether oxygens (including phenoxy) is 4. The number of aliphatic hydroxyl groups excluding tert-OH is 6. The summed E-state index contributed by atoms with van der Waals surface area (Å²) in [5.41, 5.74) is 0.262. The number of hydrogen-bond acceptors (Lipinski definition) is 20. The molecule has 0 bridgehead atoms. The molecule has 5 aromatic rings. The first-order valence-electron chi connectivity index (χ1n) is 30.9. The van der Waals surface area contributed by atoms with E-state index in [1.54, 1.807) is 0 Å². The number of hydrogen-bond donors (Lipinski definition) is 14. The van der Waals surface area contributed by atoms with Crippen LogP contribution in [-0.4, -0.2) is 223 Å². The number of aliphatic carboxylic acids is 2. The molecule has 530 valence electrons. The van der Waals surface area contributed by atoms with E-state index in [1.807, 2.05) is 0 Å². The lowest BCUT2D eigenvalue weighted by Gasteiger charge is -2.46. The van der Waals surface area contributed by atoms with E-state index in [1.165, 1.54) is 108 Å². The van der Waals surface area contributed by atoms with Crippen molar-refractivity contribution in [2.45, 2.75) is 112 Å². The second kappa shape index (κ2) is 36.1. The number of carboxylic acids is 2. The third-order valence-electron chi connectivity index (χ3n) is 15.7. The maximum absolute atomic E-state index is 14.3. The van der Waals surface area contributed by atoms with E-state index < -0.39 is 169 Å². The lowest BCUT2D eigenvalue weighted by molar-refractivity contribution is -0.310. The second-order valence-corrected chi connectivity index (χ2v) is 25.3. The second-order valence-electron chi connectivity index (χ2n) is 22.9. The minimum absolute atomic E-state index is 0.0210. The highest BCUT2D eigenvalue weighted by Gasteiger charge is 2.57. The highest BCUT2D eigenvalue weighted by molar-refractivity contribution is 7.99. The predicted octanol–water partition coefficient (Wildman–Crippen LogP) is 2.49. The van der Waals surface area contributed by atoms with Crippen LogP contribution in [0, 0.1) is 23.3 Å². The average molecular weight is 1410 g/mol. The quantitative estimate of drug-likeness (QED) is 0.0208. The monoisotopic (exact) mass is 1410 g/mol. The van der Waals surface area contributed by atoms with Crippen LogP contribution in [0.25, 0.3) is 22.3 Å². The fraction of sp³-hybridized carbons (Fsp3) is 0.424. The van der Waals surface area contributed by atoms with Crippen molar-refractivity contribution in [3.8, 4) is 22.3 Å². The summed E-state index contributed by atoms with van der Waals surface area (Å²) in [5, 5.41) is 103. The van der Waals surface area contributed by atoms with Crippen LogP contribution in [-0.2, 0) is 38.1 Å². The first-order valence-corrected chi connectivity index (χ1v) is 33.2. The van der Waals surface area contributed by atoms with Crippen LogP contribution in [0.5, 0.6) is 0 Å². The molecule has 2 aliphatic rings. The number of carbonyl (C=O) groups excluding carboxylic acids is 6. The zero-order chi connectivity index (χ0) is 71.4.